The standard InChI is InChI=1S/C19H20FN3O2/c1-13(16-11-15(20)8-9-18(16)24)21-22-19(25)12-23-10-4-6-14-5-2-3-7-17(14)23/h2-3,5,7-9,11,24H,4,6,10,12H2,1H3,(H,22,25)/b21-13+. The molecule has 0 aliphatic carbocycles. The number of fused-ring (bicyclic) bond motifs is 1. The van der Waals surface area contributed by atoms with Crippen LogP contribution in [0.25, 0.3) is 0 Å². The van der Waals surface area contributed by atoms with E-state index < -0.39 is 5.82 Å². The van der Waals surface area contributed by atoms with Gasteiger partial charge in [-0.05, 0) is 49.6 Å². The van der Waals surface area contributed by atoms with Crippen molar-refractivity contribution in [2.75, 3.05) is 18.0 Å². The molecule has 2 N–H and O–H groups in total. The first-order chi connectivity index (χ1) is 12.0. The summed E-state index contributed by atoms with van der Waals surface area (Å²) >= 11 is 0. The van der Waals surface area contributed by atoms with Gasteiger partial charge < -0.3 is 10.0 Å². The van der Waals surface area contributed by atoms with Crippen LogP contribution in [0.4, 0.5) is 10.1 Å². The van der Waals surface area contributed by atoms with Gasteiger partial charge in [0, 0.05) is 17.8 Å². The van der Waals surface area contributed by atoms with Crippen molar-refractivity contribution in [2.24, 2.45) is 5.10 Å². The molecule has 3 rings (SSSR count). The molecule has 2 aromatic rings. The normalized spacial score (nSPS) is 14.2. The van der Waals surface area contributed by atoms with Crippen LogP contribution in [0.2, 0.25) is 0 Å². The fraction of sp³-hybridized carbons (Fsp3) is 0.263. The lowest BCUT2D eigenvalue weighted by molar-refractivity contribution is -0.119. The van der Waals surface area contributed by atoms with Crippen LogP contribution in [0.5, 0.6) is 5.75 Å². The van der Waals surface area contributed by atoms with Gasteiger partial charge in [0.2, 0.25) is 0 Å². The Kier molecular flexibility index (Phi) is 4.97. The molecule has 0 unspecified atom stereocenters. The van der Waals surface area contributed by atoms with Gasteiger partial charge in [-0.15, -0.1) is 0 Å². The molecule has 1 heterocycles. The van der Waals surface area contributed by atoms with E-state index in [1.54, 1.807) is 6.92 Å². The lowest BCUT2D eigenvalue weighted by Gasteiger charge is -2.30. The second kappa shape index (κ2) is 7.34. The highest BCUT2D eigenvalue weighted by Crippen LogP contribution is 2.26. The molecule has 0 saturated heterocycles. The molecule has 0 aromatic heterocycles. The third kappa shape index (κ3) is 3.96. The van der Waals surface area contributed by atoms with Crippen molar-refractivity contribution in [1.29, 1.82) is 0 Å². The van der Waals surface area contributed by atoms with Crippen molar-refractivity contribution >= 4 is 17.3 Å². The molecule has 0 bridgehead atoms. The summed E-state index contributed by atoms with van der Waals surface area (Å²) in [4.78, 5) is 14.2. The first-order valence-electron chi connectivity index (χ1n) is 8.19. The Balaban J connectivity index is 1.66. The molecule has 1 aliphatic rings. The number of hydrogen-bond acceptors (Lipinski definition) is 4. The third-order valence-corrected chi connectivity index (χ3v) is 4.24. The SMILES string of the molecule is C/C(=N\NC(=O)CN1CCCc2ccccc21)c1cc(F)ccc1O. The van der Waals surface area contributed by atoms with E-state index in [1.165, 1.54) is 23.8 Å². The fourth-order valence-corrected chi connectivity index (χ4v) is 2.99. The van der Waals surface area contributed by atoms with E-state index in [1.807, 2.05) is 23.1 Å². The maximum atomic E-state index is 13.3. The maximum absolute atomic E-state index is 13.3. The molecular formula is C19H20FN3O2. The highest BCUT2D eigenvalue weighted by atomic mass is 19.1. The van der Waals surface area contributed by atoms with Crippen molar-refractivity contribution in [3.63, 3.8) is 0 Å². The van der Waals surface area contributed by atoms with Crippen LogP contribution < -0.4 is 10.3 Å². The molecule has 2 aromatic carbocycles. The Morgan fingerprint density at radius 1 is 1.32 bits per heavy atom. The molecule has 0 saturated carbocycles. The van der Waals surface area contributed by atoms with Crippen LogP contribution in [0, 0.1) is 5.82 Å². The number of carbonyl (C=O) groups is 1. The fourth-order valence-electron chi connectivity index (χ4n) is 2.99. The highest BCUT2D eigenvalue weighted by Gasteiger charge is 2.18. The average Bonchev–Trinajstić information content (AvgIpc) is 2.62. The number of nitrogens with one attached hydrogen (secondary N) is 1. The van der Waals surface area contributed by atoms with E-state index >= 15 is 0 Å². The van der Waals surface area contributed by atoms with Crippen LogP contribution in [0.3, 0.4) is 0 Å². The molecule has 0 radical (unpaired) electrons. The van der Waals surface area contributed by atoms with E-state index in [9.17, 15) is 14.3 Å². The van der Waals surface area contributed by atoms with Crippen LogP contribution in [0.15, 0.2) is 47.6 Å². The van der Waals surface area contributed by atoms with Crippen LogP contribution in [0.1, 0.15) is 24.5 Å². The molecule has 1 amide bonds. The quantitative estimate of drug-likeness (QED) is 0.664. The summed E-state index contributed by atoms with van der Waals surface area (Å²) < 4.78 is 13.3. The van der Waals surface area contributed by atoms with Crippen LogP contribution in [-0.2, 0) is 11.2 Å². The van der Waals surface area contributed by atoms with E-state index in [-0.39, 0.29) is 23.8 Å². The molecule has 0 fully saturated rings. The maximum Gasteiger partial charge on any atom is 0.259 e. The van der Waals surface area contributed by atoms with E-state index in [0.717, 1.165) is 25.1 Å². The first kappa shape index (κ1) is 17.0. The Morgan fingerprint density at radius 2 is 2.12 bits per heavy atom. The second-order valence-electron chi connectivity index (χ2n) is 6.05. The van der Waals surface area contributed by atoms with Gasteiger partial charge in [0.25, 0.3) is 5.91 Å². The summed E-state index contributed by atoms with van der Waals surface area (Å²) in [6.45, 7) is 2.62. The predicted molar refractivity (Wildman–Crippen MR) is 95.4 cm³/mol. The molecule has 5 nitrogen and oxygen atoms in total. The minimum atomic E-state index is -0.474. The Morgan fingerprint density at radius 3 is 2.96 bits per heavy atom. The van der Waals surface area contributed by atoms with E-state index in [2.05, 4.69) is 16.6 Å². The number of carbonyl (C=O) groups excluding carboxylic acids is 1. The Hall–Kier alpha value is -2.89. The largest absolute Gasteiger partial charge is 0.507 e. The van der Waals surface area contributed by atoms with Gasteiger partial charge in [0.05, 0.1) is 12.3 Å². The number of halogens is 1. The number of rotatable bonds is 4. The van der Waals surface area contributed by atoms with Crippen molar-refractivity contribution < 1.29 is 14.3 Å². The number of aromatic hydroxyl groups is 1. The summed E-state index contributed by atoms with van der Waals surface area (Å²) in [6, 6.07) is 11.7. The summed E-state index contributed by atoms with van der Waals surface area (Å²) in [5, 5.41) is 13.8. The monoisotopic (exact) mass is 341 g/mol. The molecule has 25 heavy (non-hydrogen) atoms. The average molecular weight is 341 g/mol. The number of para-hydroxylation sites is 1. The third-order valence-electron chi connectivity index (χ3n) is 4.24. The van der Waals surface area contributed by atoms with Crippen molar-refractivity contribution in [2.45, 2.75) is 19.8 Å². The van der Waals surface area contributed by atoms with Gasteiger partial charge >= 0.3 is 0 Å². The van der Waals surface area contributed by atoms with E-state index in [4.69, 9.17) is 0 Å². The number of amides is 1. The number of hydrazone groups is 1. The molecule has 1 aliphatic heterocycles. The molecule has 0 spiro atoms. The van der Waals surface area contributed by atoms with Crippen molar-refractivity contribution in [1.82, 2.24) is 5.43 Å². The number of phenols is 1. The minimum Gasteiger partial charge on any atom is -0.507 e. The van der Waals surface area contributed by atoms with Gasteiger partial charge in [0.15, 0.2) is 0 Å². The first-order valence-corrected chi connectivity index (χ1v) is 8.19. The van der Waals surface area contributed by atoms with E-state index in [0.29, 0.717) is 5.71 Å². The number of phenolic OH excluding ortho intramolecular Hbond substituents is 1. The number of nitrogens with zero attached hydrogens (tertiary/aromatic N) is 2. The zero-order chi connectivity index (χ0) is 17.8. The number of hydrogen-bond donors (Lipinski definition) is 2. The number of aryl methyl sites for hydroxylation is 1. The van der Waals surface area contributed by atoms with Crippen molar-refractivity contribution in [3.05, 3.63) is 59.4 Å². The minimum absolute atomic E-state index is 0.0816. The zero-order valence-electron chi connectivity index (χ0n) is 14.0. The summed E-state index contributed by atoms with van der Waals surface area (Å²) in [5.74, 6) is -0.813. The Bertz CT molecular complexity index is 820. The van der Waals surface area contributed by atoms with Gasteiger partial charge in [-0.1, -0.05) is 18.2 Å². The summed E-state index contributed by atoms with van der Waals surface area (Å²) in [7, 11) is 0. The summed E-state index contributed by atoms with van der Waals surface area (Å²) in [5.41, 5.74) is 5.39. The molecule has 6 heteroatoms. The topological polar surface area (TPSA) is 64.9 Å². The van der Waals surface area contributed by atoms with Gasteiger partial charge in [-0.2, -0.15) is 5.10 Å². The number of anilines is 1. The Labute approximate surface area is 145 Å². The van der Waals surface area contributed by atoms with Crippen molar-refractivity contribution in [3.8, 4) is 5.75 Å². The summed E-state index contributed by atoms with van der Waals surface area (Å²) in [6.07, 6.45) is 2.02. The molecular weight excluding hydrogens is 321 g/mol. The van der Waals surface area contributed by atoms with Crippen LogP contribution in [-0.4, -0.2) is 29.8 Å². The molecule has 130 valence electrons. The van der Waals surface area contributed by atoms with Gasteiger partial charge in [-0.25, -0.2) is 9.82 Å². The van der Waals surface area contributed by atoms with Gasteiger partial charge in [-0.3, -0.25) is 4.79 Å². The molecule has 0 atom stereocenters. The lowest BCUT2D eigenvalue weighted by Crippen LogP contribution is -2.38. The predicted octanol–water partition coefficient (Wildman–Crippen LogP) is 2.82. The van der Waals surface area contributed by atoms with Crippen LogP contribution >= 0.6 is 0 Å². The lowest BCUT2D eigenvalue weighted by atomic mass is 10.0. The second-order valence-corrected chi connectivity index (χ2v) is 6.05. The number of benzene rings is 2. The van der Waals surface area contributed by atoms with Gasteiger partial charge in [0.1, 0.15) is 11.6 Å². The smallest absolute Gasteiger partial charge is 0.259 e. The highest BCUT2D eigenvalue weighted by molar-refractivity contribution is 6.01. The zero-order valence-corrected chi connectivity index (χ0v) is 14.0.